The van der Waals surface area contributed by atoms with Gasteiger partial charge < -0.3 is 19.7 Å². The number of aromatic nitrogens is 1. The second kappa shape index (κ2) is 7.77. The van der Waals surface area contributed by atoms with E-state index in [4.69, 9.17) is 9.47 Å². The Labute approximate surface area is 183 Å². The maximum Gasteiger partial charge on any atom is 0.322 e. The first-order chi connectivity index (χ1) is 15.2. The molecule has 1 aromatic heterocycles. The fourth-order valence-corrected chi connectivity index (χ4v) is 4.05. The van der Waals surface area contributed by atoms with Crippen LogP contribution in [0.25, 0.3) is 0 Å². The lowest BCUT2D eigenvalue weighted by Crippen LogP contribution is -2.63. The van der Waals surface area contributed by atoms with Crippen LogP contribution in [-0.4, -0.2) is 53.0 Å². The Kier molecular flexibility index (Phi) is 5.23. The Morgan fingerprint density at radius 2 is 1.97 bits per heavy atom. The number of carbonyl (C=O) groups excluding carboxylic acids is 3. The Morgan fingerprint density at radius 3 is 2.62 bits per heavy atom. The van der Waals surface area contributed by atoms with Crippen molar-refractivity contribution < 1.29 is 28.2 Å². The van der Waals surface area contributed by atoms with Gasteiger partial charge in [-0.05, 0) is 38.5 Å². The number of pyridine rings is 1. The van der Waals surface area contributed by atoms with E-state index >= 15 is 0 Å². The lowest BCUT2D eigenvalue weighted by Gasteiger charge is -2.36. The van der Waals surface area contributed by atoms with Gasteiger partial charge in [0.1, 0.15) is 11.9 Å². The van der Waals surface area contributed by atoms with Crippen LogP contribution >= 0.6 is 0 Å². The van der Waals surface area contributed by atoms with E-state index in [0.29, 0.717) is 11.3 Å². The van der Waals surface area contributed by atoms with E-state index in [-0.39, 0.29) is 24.4 Å². The molecule has 2 aliphatic rings. The highest BCUT2D eigenvalue weighted by molar-refractivity contribution is 6.08. The number of hydrogen-bond donors (Lipinski definition) is 2. The average molecular weight is 442 g/mol. The SMILES string of the molecule is COc1ccc2c(c1F)C(=O)N(CC1(C(C)Oc3ccnc(C)c3C)NC(=O)NC1=O)C2. The van der Waals surface area contributed by atoms with Gasteiger partial charge in [0.15, 0.2) is 17.1 Å². The molecule has 4 rings (SSSR count). The van der Waals surface area contributed by atoms with Gasteiger partial charge in [-0.2, -0.15) is 0 Å². The number of benzene rings is 1. The molecule has 168 valence electrons. The summed E-state index contributed by atoms with van der Waals surface area (Å²) in [4.78, 5) is 43.5. The summed E-state index contributed by atoms with van der Waals surface area (Å²) in [5, 5.41) is 4.86. The van der Waals surface area contributed by atoms with E-state index in [2.05, 4.69) is 15.6 Å². The van der Waals surface area contributed by atoms with Crippen molar-refractivity contribution >= 4 is 17.8 Å². The van der Waals surface area contributed by atoms with E-state index in [0.717, 1.165) is 11.3 Å². The molecule has 2 atom stereocenters. The summed E-state index contributed by atoms with van der Waals surface area (Å²) in [6.45, 7) is 5.18. The molecule has 0 bridgehead atoms. The highest BCUT2D eigenvalue weighted by Crippen LogP contribution is 2.33. The molecule has 2 unspecified atom stereocenters. The number of carbonyl (C=O) groups is 3. The number of halogens is 1. The summed E-state index contributed by atoms with van der Waals surface area (Å²) >= 11 is 0. The van der Waals surface area contributed by atoms with E-state index in [1.165, 1.54) is 18.1 Å². The predicted molar refractivity (Wildman–Crippen MR) is 111 cm³/mol. The van der Waals surface area contributed by atoms with Gasteiger partial charge in [0.05, 0.1) is 19.2 Å². The van der Waals surface area contributed by atoms with Crippen LogP contribution in [0.15, 0.2) is 24.4 Å². The molecule has 2 aliphatic heterocycles. The molecule has 2 N–H and O–H groups in total. The number of amides is 4. The minimum atomic E-state index is -1.57. The van der Waals surface area contributed by atoms with Gasteiger partial charge >= 0.3 is 6.03 Å². The first-order valence-corrected chi connectivity index (χ1v) is 10.0. The second-order valence-electron chi connectivity index (χ2n) is 7.94. The van der Waals surface area contributed by atoms with Gasteiger partial charge in [0, 0.05) is 24.0 Å². The molecule has 2 aromatic rings. The molecule has 4 amide bonds. The van der Waals surface area contributed by atoms with Crippen LogP contribution in [-0.2, 0) is 11.3 Å². The first kappa shape index (κ1) is 21.5. The van der Waals surface area contributed by atoms with Crippen molar-refractivity contribution in [3.63, 3.8) is 0 Å². The molecule has 32 heavy (non-hydrogen) atoms. The van der Waals surface area contributed by atoms with Gasteiger partial charge in [-0.15, -0.1) is 0 Å². The number of nitrogens with one attached hydrogen (secondary N) is 2. The average Bonchev–Trinajstić information content (AvgIpc) is 3.22. The molecule has 3 heterocycles. The molecule has 1 saturated heterocycles. The van der Waals surface area contributed by atoms with Gasteiger partial charge in [0.25, 0.3) is 11.8 Å². The molecule has 0 saturated carbocycles. The smallest absolute Gasteiger partial charge is 0.322 e. The van der Waals surface area contributed by atoms with Crippen molar-refractivity contribution in [3.05, 3.63) is 52.6 Å². The number of nitrogens with zero attached hydrogens (tertiary/aromatic N) is 2. The zero-order chi connectivity index (χ0) is 23.2. The highest BCUT2D eigenvalue weighted by atomic mass is 19.1. The number of fused-ring (bicyclic) bond motifs is 1. The number of ether oxygens (including phenoxy) is 2. The largest absolute Gasteiger partial charge is 0.494 e. The minimum absolute atomic E-state index is 0.0409. The summed E-state index contributed by atoms with van der Waals surface area (Å²) < 4.78 is 25.8. The zero-order valence-corrected chi connectivity index (χ0v) is 18.1. The first-order valence-electron chi connectivity index (χ1n) is 10.0. The van der Waals surface area contributed by atoms with E-state index in [1.807, 2.05) is 13.8 Å². The molecule has 0 radical (unpaired) electrons. The molecule has 0 spiro atoms. The molecule has 9 nitrogen and oxygen atoms in total. The van der Waals surface area contributed by atoms with E-state index in [9.17, 15) is 18.8 Å². The van der Waals surface area contributed by atoms with Crippen molar-refractivity contribution in [2.75, 3.05) is 13.7 Å². The number of imide groups is 1. The molecule has 0 aliphatic carbocycles. The summed E-state index contributed by atoms with van der Waals surface area (Å²) in [5.41, 5.74) is 0.357. The van der Waals surface area contributed by atoms with Gasteiger partial charge in [-0.1, -0.05) is 6.07 Å². The summed E-state index contributed by atoms with van der Waals surface area (Å²) in [6, 6.07) is 4.04. The Balaban J connectivity index is 1.65. The standard InChI is InChI=1S/C22H23FN4O5/c1-11-12(2)24-8-7-15(11)32-13(3)22(20(29)25-21(30)26-22)10-27-9-14-5-6-16(31-4)18(23)17(14)19(27)28/h5-8,13H,9-10H2,1-4H3,(H2,25,26,29,30). The summed E-state index contributed by atoms with van der Waals surface area (Å²) in [5.74, 6) is -1.50. The third-order valence-electron chi connectivity index (χ3n) is 6.09. The lowest BCUT2D eigenvalue weighted by atomic mass is 9.92. The molecule has 1 aromatic carbocycles. The quantitative estimate of drug-likeness (QED) is 0.661. The van der Waals surface area contributed by atoms with Gasteiger partial charge in [-0.25, -0.2) is 9.18 Å². The Morgan fingerprint density at radius 1 is 1.22 bits per heavy atom. The topological polar surface area (TPSA) is 110 Å². The summed E-state index contributed by atoms with van der Waals surface area (Å²) in [7, 11) is 1.32. The third kappa shape index (κ3) is 3.31. The van der Waals surface area contributed by atoms with Crippen LogP contribution in [0, 0.1) is 19.7 Å². The fourth-order valence-electron chi connectivity index (χ4n) is 4.05. The van der Waals surface area contributed by atoms with Crippen LogP contribution in [0.1, 0.15) is 34.1 Å². The maximum atomic E-state index is 14.7. The molecule has 1 fully saturated rings. The van der Waals surface area contributed by atoms with E-state index < -0.39 is 35.3 Å². The Hall–Kier alpha value is -3.69. The Bertz CT molecular complexity index is 1140. The van der Waals surface area contributed by atoms with Crippen LogP contribution in [0.2, 0.25) is 0 Å². The highest BCUT2D eigenvalue weighted by Gasteiger charge is 2.54. The van der Waals surface area contributed by atoms with Crippen molar-refractivity contribution in [1.82, 2.24) is 20.5 Å². The van der Waals surface area contributed by atoms with Crippen molar-refractivity contribution in [1.29, 1.82) is 0 Å². The number of aryl methyl sites for hydroxylation is 1. The van der Waals surface area contributed by atoms with Crippen LogP contribution < -0.4 is 20.1 Å². The second-order valence-corrected chi connectivity index (χ2v) is 7.94. The van der Waals surface area contributed by atoms with Gasteiger partial charge in [0.2, 0.25) is 0 Å². The number of urea groups is 1. The number of methoxy groups -OCH3 is 1. The third-order valence-corrected chi connectivity index (χ3v) is 6.09. The number of hydrogen-bond acceptors (Lipinski definition) is 6. The van der Waals surface area contributed by atoms with Crippen molar-refractivity contribution in [2.45, 2.75) is 39.0 Å². The molecular formula is C22H23FN4O5. The van der Waals surface area contributed by atoms with Crippen molar-refractivity contribution in [3.8, 4) is 11.5 Å². The number of rotatable bonds is 6. The van der Waals surface area contributed by atoms with Crippen LogP contribution in [0.3, 0.4) is 0 Å². The molecule has 10 heteroatoms. The van der Waals surface area contributed by atoms with Crippen LogP contribution in [0.5, 0.6) is 11.5 Å². The maximum absolute atomic E-state index is 14.7. The predicted octanol–water partition coefficient (Wildman–Crippen LogP) is 1.85. The van der Waals surface area contributed by atoms with E-state index in [1.54, 1.807) is 25.3 Å². The monoisotopic (exact) mass is 442 g/mol. The van der Waals surface area contributed by atoms with Crippen molar-refractivity contribution in [2.24, 2.45) is 0 Å². The molecular weight excluding hydrogens is 419 g/mol. The van der Waals surface area contributed by atoms with Crippen LogP contribution in [0.4, 0.5) is 9.18 Å². The summed E-state index contributed by atoms with van der Waals surface area (Å²) in [6.07, 6.45) is 0.728. The normalized spacial score (nSPS) is 20.7. The van der Waals surface area contributed by atoms with Gasteiger partial charge in [-0.3, -0.25) is 19.9 Å². The minimum Gasteiger partial charge on any atom is -0.494 e. The fraction of sp³-hybridized carbons (Fsp3) is 0.364. The zero-order valence-electron chi connectivity index (χ0n) is 18.1. The lowest BCUT2D eigenvalue weighted by molar-refractivity contribution is -0.127.